The Balaban J connectivity index is 1.38. The van der Waals surface area contributed by atoms with E-state index in [1.54, 1.807) is 6.92 Å². The molecule has 0 spiro atoms. The number of thioether (sulfide) groups is 1. The fourth-order valence-electron chi connectivity index (χ4n) is 7.59. The van der Waals surface area contributed by atoms with E-state index in [1.807, 2.05) is 135 Å². The largest absolute Gasteiger partial charge is 0.463 e. The first-order valence-electron chi connectivity index (χ1n) is 21.0. The van der Waals surface area contributed by atoms with Crippen molar-refractivity contribution in [1.82, 2.24) is 21.3 Å². The standard InChI is InChI=1S/C49H58N4O6S/c1-4-59-45(55)32-30-40(29-31-44(54)53-49(37-21-11-6-12-22-37,38-23-13-7-14-24-38)39-25-15-8-16-26-39)50-46(56)43(34-36-19-9-5-10-20-36)51-47(57)42(33-35(2)3)52-48(58)60-41-27-17-18-28-41/h5-16,19-26,30,32,35,40-43H,4,17-18,27-29,31,33-34H2,1-3H3,(H,50,56)(H,51,57)(H,52,58)(H,53,54)/b32-30+/t40-,42-,43-/m0/s1. The number of benzene rings is 4. The summed E-state index contributed by atoms with van der Waals surface area (Å²) in [5.41, 5.74) is 2.38. The van der Waals surface area contributed by atoms with Crippen LogP contribution in [-0.4, -0.2) is 58.9 Å². The summed E-state index contributed by atoms with van der Waals surface area (Å²) in [5, 5.41) is 12.2. The average molecular weight is 831 g/mol. The van der Waals surface area contributed by atoms with Crippen LogP contribution in [-0.2, 0) is 35.9 Å². The Bertz CT molecular complexity index is 1910. The summed E-state index contributed by atoms with van der Waals surface area (Å²) in [7, 11) is 0. The van der Waals surface area contributed by atoms with Crippen molar-refractivity contribution in [2.24, 2.45) is 5.92 Å². The molecule has 0 saturated heterocycles. The Morgan fingerprint density at radius 3 is 1.75 bits per heavy atom. The molecular formula is C49H58N4O6S. The molecule has 5 rings (SSSR count). The second-order valence-corrected chi connectivity index (χ2v) is 16.8. The van der Waals surface area contributed by atoms with Gasteiger partial charge in [0.15, 0.2) is 0 Å². The number of rotatable bonds is 20. The first kappa shape index (κ1) is 45.4. The van der Waals surface area contributed by atoms with Gasteiger partial charge in [-0.15, -0.1) is 0 Å². The first-order chi connectivity index (χ1) is 29.1. The molecule has 0 aliphatic heterocycles. The lowest BCUT2D eigenvalue weighted by atomic mass is 9.77. The molecule has 0 bridgehead atoms. The number of ether oxygens (including phenoxy) is 1. The minimum atomic E-state index is -1.04. The van der Waals surface area contributed by atoms with E-state index in [-0.39, 0.29) is 48.2 Å². The molecule has 4 aromatic carbocycles. The van der Waals surface area contributed by atoms with E-state index < -0.39 is 41.4 Å². The Morgan fingerprint density at radius 2 is 1.23 bits per heavy atom. The molecule has 4 aromatic rings. The number of carbonyl (C=O) groups is 5. The molecule has 0 heterocycles. The molecule has 11 heteroatoms. The lowest BCUT2D eigenvalue weighted by Gasteiger charge is -2.37. The zero-order chi connectivity index (χ0) is 42.7. The van der Waals surface area contributed by atoms with Crippen LogP contribution >= 0.6 is 11.8 Å². The van der Waals surface area contributed by atoms with Crippen molar-refractivity contribution in [3.8, 4) is 0 Å². The van der Waals surface area contributed by atoms with Crippen LogP contribution in [0.1, 0.15) is 88.0 Å². The number of hydrogen-bond donors (Lipinski definition) is 4. The molecule has 1 aliphatic rings. The van der Waals surface area contributed by atoms with Gasteiger partial charge in [0.25, 0.3) is 5.24 Å². The summed E-state index contributed by atoms with van der Waals surface area (Å²) in [6.07, 6.45) is 7.54. The van der Waals surface area contributed by atoms with Gasteiger partial charge in [-0.05, 0) is 60.8 Å². The smallest absolute Gasteiger partial charge is 0.330 e. The molecular weight excluding hydrogens is 773 g/mol. The van der Waals surface area contributed by atoms with E-state index in [9.17, 15) is 24.0 Å². The van der Waals surface area contributed by atoms with Crippen LogP contribution < -0.4 is 21.3 Å². The molecule has 1 fully saturated rings. The molecule has 60 heavy (non-hydrogen) atoms. The van der Waals surface area contributed by atoms with E-state index >= 15 is 0 Å². The SMILES string of the molecule is CCOC(=O)/C=C/[C@H](CCC(=O)NC(c1ccccc1)(c1ccccc1)c1ccccc1)NC(=O)[C@H](Cc1ccccc1)NC(=O)[C@H](CC(C)C)NC(=O)SC1CCCC1. The number of nitrogens with one attached hydrogen (secondary N) is 4. The molecule has 10 nitrogen and oxygen atoms in total. The fraction of sp³-hybridized carbons (Fsp3) is 0.367. The van der Waals surface area contributed by atoms with Crippen molar-refractivity contribution in [3.63, 3.8) is 0 Å². The molecule has 1 saturated carbocycles. The lowest BCUT2D eigenvalue weighted by molar-refractivity contribution is -0.137. The number of esters is 1. The highest BCUT2D eigenvalue weighted by Crippen LogP contribution is 2.37. The maximum absolute atomic E-state index is 14.3. The highest BCUT2D eigenvalue weighted by molar-refractivity contribution is 8.14. The van der Waals surface area contributed by atoms with Gasteiger partial charge in [-0.2, -0.15) is 0 Å². The molecule has 0 unspecified atom stereocenters. The second kappa shape index (κ2) is 23.2. The molecule has 4 amide bonds. The summed E-state index contributed by atoms with van der Waals surface area (Å²) >= 11 is 1.25. The predicted octanol–water partition coefficient (Wildman–Crippen LogP) is 8.01. The van der Waals surface area contributed by atoms with E-state index in [4.69, 9.17) is 4.74 Å². The Labute approximate surface area is 358 Å². The van der Waals surface area contributed by atoms with Crippen molar-refractivity contribution in [2.45, 2.75) is 101 Å². The lowest BCUT2D eigenvalue weighted by Crippen LogP contribution is -2.55. The number of amides is 4. The van der Waals surface area contributed by atoms with Crippen LogP contribution in [0.5, 0.6) is 0 Å². The van der Waals surface area contributed by atoms with Gasteiger partial charge >= 0.3 is 5.97 Å². The van der Waals surface area contributed by atoms with Crippen molar-refractivity contribution >= 4 is 40.7 Å². The van der Waals surface area contributed by atoms with Gasteiger partial charge in [-0.25, -0.2) is 4.79 Å². The highest BCUT2D eigenvalue weighted by atomic mass is 32.2. The second-order valence-electron chi connectivity index (χ2n) is 15.6. The summed E-state index contributed by atoms with van der Waals surface area (Å²) < 4.78 is 5.14. The Morgan fingerprint density at radius 1 is 0.717 bits per heavy atom. The van der Waals surface area contributed by atoms with Crippen molar-refractivity contribution in [1.29, 1.82) is 0 Å². The van der Waals surface area contributed by atoms with Gasteiger partial charge in [-0.3, -0.25) is 19.2 Å². The molecule has 3 atom stereocenters. The van der Waals surface area contributed by atoms with Crippen molar-refractivity contribution < 1.29 is 28.7 Å². The van der Waals surface area contributed by atoms with Crippen molar-refractivity contribution in [3.05, 3.63) is 156 Å². The molecule has 4 N–H and O–H groups in total. The van der Waals surface area contributed by atoms with Crippen LogP contribution in [0.3, 0.4) is 0 Å². The van der Waals surface area contributed by atoms with Gasteiger partial charge in [0, 0.05) is 30.2 Å². The van der Waals surface area contributed by atoms with Gasteiger partial charge < -0.3 is 26.0 Å². The van der Waals surface area contributed by atoms with Crippen LogP contribution in [0.25, 0.3) is 0 Å². The van der Waals surface area contributed by atoms with E-state index in [2.05, 4.69) is 21.3 Å². The fourth-order valence-corrected chi connectivity index (χ4v) is 8.67. The zero-order valence-corrected chi connectivity index (χ0v) is 35.6. The third kappa shape index (κ3) is 13.4. The first-order valence-corrected chi connectivity index (χ1v) is 21.9. The van der Waals surface area contributed by atoms with Crippen LogP contribution in [0.2, 0.25) is 0 Å². The minimum Gasteiger partial charge on any atom is -0.463 e. The third-order valence-electron chi connectivity index (χ3n) is 10.5. The van der Waals surface area contributed by atoms with Gasteiger partial charge in [0.05, 0.1) is 6.61 Å². The van der Waals surface area contributed by atoms with E-state index in [1.165, 1.54) is 23.9 Å². The third-order valence-corrected chi connectivity index (χ3v) is 11.7. The molecule has 0 aromatic heterocycles. The Hall–Kier alpha value is -5.68. The van der Waals surface area contributed by atoms with Gasteiger partial charge in [0.2, 0.25) is 17.7 Å². The van der Waals surface area contributed by atoms with Crippen LogP contribution in [0.4, 0.5) is 4.79 Å². The number of carbonyl (C=O) groups excluding carboxylic acids is 5. The normalized spacial score (nSPS) is 14.5. The summed E-state index contributed by atoms with van der Waals surface area (Å²) in [4.78, 5) is 68.2. The Kier molecular flexibility index (Phi) is 17.6. The van der Waals surface area contributed by atoms with Crippen LogP contribution in [0, 0.1) is 5.92 Å². The average Bonchev–Trinajstić information content (AvgIpc) is 3.77. The van der Waals surface area contributed by atoms with Gasteiger partial charge in [-0.1, -0.05) is 166 Å². The minimum absolute atomic E-state index is 0.0246. The maximum Gasteiger partial charge on any atom is 0.330 e. The quantitative estimate of drug-likeness (QED) is 0.0402. The summed E-state index contributed by atoms with van der Waals surface area (Å²) in [6.45, 7) is 5.82. The molecule has 316 valence electrons. The predicted molar refractivity (Wildman–Crippen MR) is 238 cm³/mol. The van der Waals surface area contributed by atoms with Crippen molar-refractivity contribution in [2.75, 3.05) is 6.61 Å². The summed E-state index contributed by atoms with van der Waals surface area (Å²) in [5.74, 6) is -1.75. The number of hydrogen-bond acceptors (Lipinski definition) is 7. The maximum atomic E-state index is 14.3. The summed E-state index contributed by atoms with van der Waals surface area (Å²) in [6, 6.07) is 36.0. The van der Waals surface area contributed by atoms with Gasteiger partial charge in [0.1, 0.15) is 17.6 Å². The van der Waals surface area contributed by atoms with E-state index in [0.29, 0.717) is 6.42 Å². The topological polar surface area (TPSA) is 143 Å². The zero-order valence-electron chi connectivity index (χ0n) is 34.8. The monoisotopic (exact) mass is 830 g/mol. The molecule has 0 radical (unpaired) electrons. The van der Waals surface area contributed by atoms with E-state index in [0.717, 1.165) is 47.9 Å². The molecule has 1 aliphatic carbocycles. The van der Waals surface area contributed by atoms with Crippen LogP contribution in [0.15, 0.2) is 133 Å². The highest BCUT2D eigenvalue weighted by Gasteiger charge is 2.38.